The first-order valence-electron chi connectivity index (χ1n) is 6.09. The van der Waals surface area contributed by atoms with E-state index in [0.717, 1.165) is 24.3 Å². The third kappa shape index (κ3) is 3.06. The Labute approximate surface area is 97.2 Å². The SMILES string of the molecule is O=C(CCC1CC=CCC1)c1ccccc1. The highest BCUT2D eigenvalue weighted by Crippen LogP contribution is 2.23. The van der Waals surface area contributed by atoms with Crippen LogP contribution in [-0.4, -0.2) is 5.78 Å². The number of ketones is 1. The Morgan fingerprint density at radius 2 is 2.00 bits per heavy atom. The Kier molecular flexibility index (Phi) is 3.92. The summed E-state index contributed by atoms with van der Waals surface area (Å²) >= 11 is 0. The van der Waals surface area contributed by atoms with Gasteiger partial charge in [-0.3, -0.25) is 4.79 Å². The fourth-order valence-corrected chi connectivity index (χ4v) is 2.22. The number of rotatable bonds is 4. The molecule has 16 heavy (non-hydrogen) atoms. The lowest BCUT2D eigenvalue weighted by Crippen LogP contribution is -2.06. The van der Waals surface area contributed by atoms with Gasteiger partial charge in [-0.2, -0.15) is 0 Å². The van der Waals surface area contributed by atoms with Crippen LogP contribution in [-0.2, 0) is 0 Å². The fourth-order valence-electron chi connectivity index (χ4n) is 2.22. The van der Waals surface area contributed by atoms with Crippen molar-refractivity contribution < 1.29 is 4.79 Å². The zero-order valence-electron chi connectivity index (χ0n) is 9.56. The van der Waals surface area contributed by atoms with Gasteiger partial charge in [0.2, 0.25) is 0 Å². The van der Waals surface area contributed by atoms with Gasteiger partial charge in [0.1, 0.15) is 0 Å². The molecule has 1 nitrogen and oxygen atoms in total. The molecule has 2 rings (SSSR count). The number of allylic oxidation sites excluding steroid dienone is 2. The third-order valence-electron chi connectivity index (χ3n) is 3.25. The third-order valence-corrected chi connectivity index (χ3v) is 3.25. The number of hydrogen-bond acceptors (Lipinski definition) is 1. The summed E-state index contributed by atoms with van der Waals surface area (Å²) in [5.41, 5.74) is 0.855. The van der Waals surface area contributed by atoms with Crippen molar-refractivity contribution in [2.45, 2.75) is 32.1 Å². The van der Waals surface area contributed by atoms with Crippen molar-refractivity contribution in [3.05, 3.63) is 48.0 Å². The minimum absolute atomic E-state index is 0.287. The van der Waals surface area contributed by atoms with Crippen molar-refractivity contribution in [1.82, 2.24) is 0 Å². The number of carbonyl (C=O) groups excluding carboxylic acids is 1. The average Bonchev–Trinajstić information content (AvgIpc) is 2.38. The molecule has 0 N–H and O–H groups in total. The lowest BCUT2D eigenvalue weighted by molar-refractivity contribution is 0.0973. The smallest absolute Gasteiger partial charge is 0.162 e. The molecule has 84 valence electrons. The minimum Gasteiger partial charge on any atom is -0.294 e. The summed E-state index contributed by atoms with van der Waals surface area (Å²) in [6.07, 6.45) is 9.82. The Morgan fingerprint density at radius 3 is 2.69 bits per heavy atom. The second-order valence-corrected chi connectivity index (χ2v) is 4.48. The molecular weight excluding hydrogens is 196 g/mol. The van der Waals surface area contributed by atoms with E-state index in [2.05, 4.69) is 12.2 Å². The van der Waals surface area contributed by atoms with E-state index in [1.807, 2.05) is 30.3 Å². The molecule has 0 radical (unpaired) electrons. The number of hydrogen-bond donors (Lipinski definition) is 0. The fraction of sp³-hybridized carbons (Fsp3) is 0.400. The molecule has 0 amide bonds. The van der Waals surface area contributed by atoms with Gasteiger partial charge in [0.25, 0.3) is 0 Å². The first-order valence-corrected chi connectivity index (χ1v) is 6.09. The Morgan fingerprint density at radius 1 is 1.19 bits per heavy atom. The normalized spacial score (nSPS) is 19.6. The molecule has 1 aromatic carbocycles. The summed E-state index contributed by atoms with van der Waals surface area (Å²) in [6, 6.07) is 9.61. The van der Waals surface area contributed by atoms with Crippen molar-refractivity contribution in [1.29, 1.82) is 0 Å². The van der Waals surface area contributed by atoms with Gasteiger partial charge in [-0.15, -0.1) is 0 Å². The lowest BCUT2D eigenvalue weighted by atomic mass is 9.89. The van der Waals surface area contributed by atoms with Crippen LogP contribution in [0, 0.1) is 5.92 Å². The van der Waals surface area contributed by atoms with Gasteiger partial charge in [0.05, 0.1) is 0 Å². The van der Waals surface area contributed by atoms with Gasteiger partial charge >= 0.3 is 0 Å². The molecule has 0 bridgehead atoms. The largest absolute Gasteiger partial charge is 0.294 e. The van der Waals surface area contributed by atoms with Crippen molar-refractivity contribution in [3.63, 3.8) is 0 Å². The van der Waals surface area contributed by atoms with Gasteiger partial charge < -0.3 is 0 Å². The molecule has 0 spiro atoms. The van der Waals surface area contributed by atoms with Crippen LogP contribution >= 0.6 is 0 Å². The second-order valence-electron chi connectivity index (χ2n) is 4.48. The van der Waals surface area contributed by atoms with E-state index in [0.29, 0.717) is 6.42 Å². The standard InChI is InChI=1S/C15H18O/c16-15(14-9-5-2-6-10-14)12-11-13-7-3-1-4-8-13/h1-3,5-6,9-10,13H,4,7-8,11-12H2. The Bertz CT molecular complexity index is 364. The molecule has 1 heteroatoms. The monoisotopic (exact) mass is 214 g/mol. The average molecular weight is 214 g/mol. The van der Waals surface area contributed by atoms with Crippen LogP contribution in [0.3, 0.4) is 0 Å². The summed E-state index contributed by atoms with van der Waals surface area (Å²) < 4.78 is 0. The van der Waals surface area contributed by atoms with Crippen LogP contribution in [0.15, 0.2) is 42.5 Å². The van der Waals surface area contributed by atoms with Crippen LogP contribution in [0.1, 0.15) is 42.5 Å². The molecule has 0 heterocycles. The zero-order valence-corrected chi connectivity index (χ0v) is 9.56. The molecule has 0 saturated heterocycles. The molecule has 0 fully saturated rings. The molecule has 1 aliphatic carbocycles. The summed E-state index contributed by atoms with van der Waals surface area (Å²) in [4.78, 5) is 11.9. The van der Waals surface area contributed by atoms with Crippen molar-refractivity contribution >= 4 is 5.78 Å². The van der Waals surface area contributed by atoms with Gasteiger partial charge in [-0.1, -0.05) is 42.5 Å². The van der Waals surface area contributed by atoms with Crippen LogP contribution in [0.25, 0.3) is 0 Å². The summed E-state index contributed by atoms with van der Waals surface area (Å²) in [5.74, 6) is 1.01. The van der Waals surface area contributed by atoms with E-state index in [-0.39, 0.29) is 5.78 Å². The Balaban J connectivity index is 1.82. The zero-order chi connectivity index (χ0) is 11.2. The van der Waals surface area contributed by atoms with Gasteiger partial charge in [0, 0.05) is 12.0 Å². The van der Waals surface area contributed by atoms with Crippen LogP contribution in [0.2, 0.25) is 0 Å². The molecule has 1 aliphatic rings. The lowest BCUT2D eigenvalue weighted by Gasteiger charge is -2.16. The maximum absolute atomic E-state index is 11.9. The number of benzene rings is 1. The van der Waals surface area contributed by atoms with Crippen molar-refractivity contribution in [2.24, 2.45) is 5.92 Å². The van der Waals surface area contributed by atoms with Crippen LogP contribution in [0.4, 0.5) is 0 Å². The highest BCUT2D eigenvalue weighted by molar-refractivity contribution is 5.95. The van der Waals surface area contributed by atoms with E-state index in [1.165, 1.54) is 12.8 Å². The van der Waals surface area contributed by atoms with Gasteiger partial charge in [-0.05, 0) is 31.6 Å². The van der Waals surface area contributed by atoms with E-state index in [1.54, 1.807) is 0 Å². The molecule has 0 aromatic heterocycles. The molecular formula is C15H18O. The van der Waals surface area contributed by atoms with Crippen LogP contribution in [0.5, 0.6) is 0 Å². The summed E-state index contributed by atoms with van der Waals surface area (Å²) in [5, 5.41) is 0. The van der Waals surface area contributed by atoms with Gasteiger partial charge in [0.15, 0.2) is 5.78 Å². The topological polar surface area (TPSA) is 17.1 Å². The van der Waals surface area contributed by atoms with Crippen LogP contribution < -0.4 is 0 Å². The first-order chi connectivity index (χ1) is 7.86. The number of Topliss-reactive ketones (excluding diaryl/α,β-unsaturated/α-hetero) is 1. The minimum atomic E-state index is 0.287. The quantitative estimate of drug-likeness (QED) is 0.547. The number of carbonyl (C=O) groups is 1. The first kappa shape index (κ1) is 11.1. The second kappa shape index (κ2) is 5.64. The van der Waals surface area contributed by atoms with E-state index in [9.17, 15) is 4.79 Å². The molecule has 1 atom stereocenters. The highest BCUT2D eigenvalue weighted by atomic mass is 16.1. The van der Waals surface area contributed by atoms with Crippen molar-refractivity contribution in [2.75, 3.05) is 0 Å². The molecule has 0 saturated carbocycles. The molecule has 1 unspecified atom stereocenters. The Hall–Kier alpha value is -1.37. The summed E-state index contributed by atoms with van der Waals surface area (Å²) in [6.45, 7) is 0. The molecule has 1 aromatic rings. The highest BCUT2D eigenvalue weighted by Gasteiger charge is 2.12. The maximum Gasteiger partial charge on any atom is 0.162 e. The van der Waals surface area contributed by atoms with Crippen molar-refractivity contribution in [3.8, 4) is 0 Å². The van der Waals surface area contributed by atoms with E-state index < -0.39 is 0 Å². The predicted molar refractivity (Wildman–Crippen MR) is 66.5 cm³/mol. The maximum atomic E-state index is 11.9. The van der Waals surface area contributed by atoms with E-state index >= 15 is 0 Å². The summed E-state index contributed by atoms with van der Waals surface area (Å²) in [7, 11) is 0. The van der Waals surface area contributed by atoms with Gasteiger partial charge in [-0.25, -0.2) is 0 Å². The molecule has 0 aliphatic heterocycles. The predicted octanol–water partition coefficient (Wildman–Crippen LogP) is 4.01. The van der Waals surface area contributed by atoms with E-state index in [4.69, 9.17) is 0 Å².